The number of primary amides is 1. The summed E-state index contributed by atoms with van der Waals surface area (Å²) in [6, 6.07) is 0. The molecular weight excluding hydrogens is 300 g/mol. The maximum atomic E-state index is 12.1. The van der Waals surface area contributed by atoms with Crippen molar-refractivity contribution in [2.24, 2.45) is 5.73 Å². The van der Waals surface area contributed by atoms with Crippen LogP contribution in [0.2, 0.25) is 0 Å². The zero-order chi connectivity index (χ0) is 12.5. The van der Waals surface area contributed by atoms with Gasteiger partial charge in [-0.15, -0.1) is 23.7 Å². The SMILES string of the molecule is Cl.NC(=O)c1csc(S(=O)(=O)N2CCNCC2)n1. The predicted molar refractivity (Wildman–Crippen MR) is 69.5 cm³/mol. The molecule has 7 nitrogen and oxygen atoms in total. The van der Waals surface area contributed by atoms with Crippen molar-refractivity contribution in [3.63, 3.8) is 0 Å². The lowest BCUT2D eigenvalue weighted by atomic mass is 10.4. The number of halogens is 1. The summed E-state index contributed by atoms with van der Waals surface area (Å²) in [6.07, 6.45) is 0. The van der Waals surface area contributed by atoms with Gasteiger partial charge >= 0.3 is 0 Å². The van der Waals surface area contributed by atoms with Crippen molar-refractivity contribution in [1.29, 1.82) is 0 Å². The minimum atomic E-state index is -3.58. The van der Waals surface area contributed by atoms with E-state index >= 15 is 0 Å². The molecule has 0 atom stereocenters. The standard InChI is InChI=1S/C8H12N4O3S2.ClH/c9-7(13)6-5-16-8(11-6)17(14,15)12-3-1-10-2-4-12;/h5,10H,1-4H2,(H2,9,13);1H. The highest BCUT2D eigenvalue weighted by Crippen LogP contribution is 2.20. The average Bonchev–Trinajstić information content (AvgIpc) is 2.80. The molecule has 0 bridgehead atoms. The lowest BCUT2D eigenvalue weighted by molar-refractivity contribution is 0.0996. The quantitative estimate of drug-likeness (QED) is 0.764. The monoisotopic (exact) mass is 312 g/mol. The van der Waals surface area contributed by atoms with Crippen LogP contribution >= 0.6 is 23.7 Å². The number of rotatable bonds is 3. The summed E-state index contributed by atoms with van der Waals surface area (Å²) in [6.45, 7) is 2.06. The molecule has 1 saturated heterocycles. The summed E-state index contributed by atoms with van der Waals surface area (Å²) in [4.78, 5) is 14.6. The Bertz CT molecular complexity index is 524. The summed E-state index contributed by atoms with van der Waals surface area (Å²) in [5.74, 6) is -0.719. The van der Waals surface area contributed by atoms with E-state index in [-0.39, 0.29) is 22.4 Å². The summed E-state index contributed by atoms with van der Waals surface area (Å²) >= 11 is 0.916. The second kappa shape index (κ2) is 5.93. The van der Waals surface area contributed by atoms with Gasteiger partial charge in [0.25, 0.3) is 15.9 Å². The molecule has 0 radical (unpaired) electrons. The number of hydrogen-bond donors (Lipinski definition) is 2. The molecule has 2 heterocycles. The smallest absolute Gasteiger partial charge is 0.270 e. The second-order valence-electron chi connectivity index (χ2n) is 3.52. The first-order chi connectivity index (χ1) is 8.01. The molecule has 0 unspecified atom stereocenters. The Balaban J connectivity index is 0.00000162. The van der Waals surface area contributed by atoms with Crippen LogP contribution in [0.4, 0.5) is 0 Å². The zero-order valence-electron chi connectivity index (χ0n) is 9.33. The molecule has 0 aromatic carbocycles. The molecule has 3 N–H and O–H groups in total. The number of amides is 1. The minimum Gasteiger partial charge on any atom is -0.364 e. The van der Waals surface area contributed by atoms with Crippen molar-refractivity contribution in [3.8, 4) is 0 Å². The number of carbonyl (C=O) groups is 1. The largest absolute Gasteiger partial charge is 0.364 e. The fraction of sp³-hybridized carbons (Fsp3) is 0.500. The number of carbonyl (C=O) groups excluding carboxylic acids is 1. The van der Waals surface area contributed by atoms with E-state index in [2.05, 4.69) is 10.3 Å². The number of nitrogens with two attached hydrogens (primary N) is 1. The number of sulfonamides is 1. The van der Waals surface area contributed by atoms with Crippen LogP contribution in [-0.4, -0.2) is 49.8 Å². The van der Waals surface area contributed by atoms with Crippen LogP contribution in [0.5, 0.6) is 0 Å². The van der Waals surface area contributed by atoms with E-state index in [9.17, 15) is 13.2 Å². The third kappa shape index (κ3) is 2.98. The van der Waals surface area contributed by atoms with E-state index < -0.39 is 15.9 Å². The molecule has 1 fully saturated rings. The normalized spacial score (nSPS) is 17.1. The lowest BCUT2D eigenvalue weighted by Gasteiger charge is -2.25. The Morgan fingerprint density at radius 3 is 2.56 bits per heavy atom. The van der Waals surface area contributed by atoms with E-state index in [1.807, 2.05) is 0 Å². The van der Waals surface area contributed by atoms with Crippen LogP contribution in [0.25, 0.3) is 0 Å². The van der Waals surface area contributed by atoms with Crippen LogP contribution in [0, 0.1) is 0 Å². The molecule has 102 valence electrons. The lowest BCUT2D eigenvalue weighted by Crippen LogP contribution is -2.46. The highest BCUT2D eigenvalue weighted by molar-refractivity contribution is 7.91. The number of piperazine rings is 1. The molecule has 1 aliphatic rings. The van der Waals surface area contributed by atoms with Crippen molar-refractivity contribution in [1.82, 2.24) is 14.6 Å². The Hall–Kier alpha value is -0.740. The molecule has 1 amide bonds. The number of hydrogen-bond acceptors (Lipinski definition) is 6. The van der Waals surface area contributed by atoms with Crippen LogP contribution in [0.1, 0.15) is 10.5 Å². The fourth-order valence-electron chi connectivity index (χ4n) is 1.48. The third-order valence-electron chi connectivity index (χ3n) is 2.37. The molecule has 1 aromatic heterocycles. The molecule has 0 saturated carbocycles. The van der Waals surface area contributed by atoms with Crippen LogP contribution in [-0.2, 0) is 10.0 Å². The zero-order valence-corrected chi connectivity index (χ0v) is 11.8. The van der Waals surface area contributed by atoms with Gasteiger partial charge in [-0.05, 0) is 0 Å². The van der Waals surface area contributed by atoms with E-state index in [1.54, 1.807) is 0 Å². The summed E-state index contributed by atoms with van der Waals surface area (Å²) in [5, 5.41) is 4.42. The predicted octanol–water partition coefficient (Wildman–Crippen LogP) is -0.742. The van der Waals surface area contributed by atoms with Gasteiger partial charge in [0.2, 0.25) is 4.34 Å². The van der Waals surface area contributed by atoms with Crippen molar-refractivity contribution in [2.75, 3.05) is 26.2 Å². The van der Waals surface area contributed by atoms with Gasteiger partial charge in [0.15, 0.2) is 0 Å². The van der Waals surface area contributed by atoms with E-state index in [1.165, 1.54) is 9.69 Å². The molecule has 1 aliphatic heterocycles. The summed E-state index contributed by atoms with van der Waals surface area (Å²) < 4.78 is 25.5. The molecule has 2 rings (SSSR count). The molecule has 0 spiro atoms. The summed E-state index contributed by atoms with van der Waals surface area (Å²) in [5.41, 5.74) is 5.03. The molecule has 0 aliphatic carbocycles. The average molecular weight is 313 g/mol. The molecule has 1 aromatic rings. The second-order valence-corrected chi connectivity index (χ2v) is 6.49. The van der Waals surface area contributed by atoms with Crippen molar-refractivity contribution in [3.05, 3.63) is 11.1 Å². The number of thiazole rings is 1. The van der Waals surface area contributed by atoms with Crippen molar-refractivity contribution < 1.29 is 13.2 Å². The Labute approximate surface area is 115 Å². The molecule has 18 heavy (non-hydrogen) atoms. The Kier molecular flexibility index (Phi) is 5.05. The van der Waals surface area contributed by atoms with Gasteiger partial charge in [-0.25, -0.2) is 13.4 Å². The first-order valence-electron chi connectivity index (χ1n) is 4.98. The Morgan fingerprint density at radius 2 is 2.06 bits per heavy atom. The molecular formula is C8H13ClN4O3S2. The van der Waals surface area contributed by atoms with Crippen molar-refractivity contribution >= 4 is 39.7 Å². The highest BCUT2D eigenvalue weighted by Gasteiger charge is 2.29. The first-order valence-corrected chi connectivity index (χ1v) is 7.30. The maximum absolute atomic E-state index is 12.1. The van der Waals surface area contributed by atoms with Gasteiger partial charge in [-0.3, -0.25) is 4.79 Å². The van der Waals surface area contributed by atoms with Crippen LogP contribution < -0.4 is 11.1 Å². The minimum absolute atomic E-state index is 0. The number of aromatic nitrogens is 1. The third-order valence-corrected chi connectivity index (χ3v) is 5.50. The van der Waals surface area contributed by atoms with E-state index in [4.69, 9.17) is 5.73 Å². The van der Waals surface area contributed by atoms with E-state index in [0.717, 1.165) is 11.3 Å². The van der Waals surface area contributed by atoms with Gasteiger partial charge in [0.05, 0.1) is 0 Å². The van der Waals surface area contributed by atoms with Crippen LogP contribution in [0.3, 0.4) is 0 Å². The summed E-state index contributed by atoms with van der Waals surface area (Å²) in [7, 11) is -3.58. The van der Waals surface area contributed by atoms with Crippen molar-refractivity contribution in [2.45, 2.75) is 4.34 Å². The fourth-order valence-corrected chi connectivity index (χ4v) is 4.06. The van der Waals surface area contributed by atoms with Gasteiger partial charge in [0.1, 0.15) is 5.69 Å². The number of nitrogens with one attached hydrogen (secondary N) is 1. The van der Waals surface area contributed by atoms with Gasteiger partial charge in [0, 0.05) is 31.6 Å². The first kappa shape index (κ1) is 15.3. The van der Waals surface area contributed by atoms with E-state index in [0.29, 0.717) is 26.2 Å². The molecule has 10 heteroatoms. The van der Waals surface area contributed by atoms with Gasteiger partial charge in [-0.2, -0.15) is 4.31 Å². The number of nitrogens with zero attached hydrogens (tertiary/aromatic N) is 2. The maximum Gasteiger partial charge on any atom is 0.270 e. The Morgan fingerprint density at radius 1 is 1.44 bits per heavy atom. The topological polar surface area (TPSA) is 105 Å². The van der Waals surface area contributed by atoms with Crippen LogP contribution in [0.15, 0.2) is 9.72 Å². The highest BCUT2D eigenvalue weighted by atomic mass is 35.5. The van der Waals surface area contributed by atoms with Gasteiger partial charge in [-0.1, -0.05) is 0 Å². The van der Waals surface area contributed by atoms with Gasteiger partial charge < -0.3 is 11.1 Å².